The van der Waals surface area contributed by atoms with Gasteiger partial charge in [-0.1, -0.05) is 13.5 Å². The molecule has 1 aromatic carbocycles. The largest absolute Gasteiger partial charge is 0.496 e. The number of ether oxygens (including phenoxy) is 1. The number of nitrogens with two attached hydrogens (primary N) is 1. The Morgan fingerprint density at radius 3 is 2.57 bits per heavy atom. The van der Waals surface area contributed by atoms with Crippen LogP contribution in [0.15, 0.2) is 18.7 Å². The van der Waals surface area contributed by atoms with Crippen LogP contribution < -0.4 is 10.5 Å². The molecule has 2 N–H and O–H groups in total. The van der Waals surface area contributed by atoms with Crippen LogP contribution in [0.1, 0.15) is 25.0 Å². The molecule has 2 nitrogen and oxygen atoms in total. The summed E-state index contributed by atoms with van der Waals surface area (Å²) < 4.78 is 5.29. The molecule has 0 spiro atoms. The van der Waals surface area contributed by atoms with E-state index in [0.717, 1.165) is 29.0 Å². The third-order valence-corrected chi connectivity index (χ3v) is 2.25. The zero-order valence-electron chi connectivity index (χ0n) is 9.05. The van der Waals surface area contributed by atoms with E-state index in [1.165, 1.54) is 5.56 Å². The number of allylic oxidation sites excluding steroid dienone is 1. The lowest BCUT2D eigenvalue weighted by atomic mass is 10.0. The molecule has 0 amide bonds. The lowest BCUT2D eigenvalue weighted by Crippen LogP contribution is -1.98. The van der Waals surface area contributed by atoms with Gasteiger partial charge in [0, 0.05) is 11.3 Å². The van der Waals surface area contributed by atoms with Crippen molar-refractivity contribution < 1.29 is 4.74 Å². The molecular weight excluding hydrogens is 174 g/mol. The Bertz CT molecular complexity index is 356. The summed E-state index contributed by atoms with van der Waals surface area (Å²) in [5.74, 6) is 0.814. The molecule has 0 fully saturated rings. The molecule has 14 heavy (non-hydrogen) atoms. The summed E-state index contributed by atoms with van der Waals surface area (Å²) >= 11 is 0. The van der Waals surface area contributed by atoms with E-state index in [1.807, 2.05) is 19.1 Å². The Hall–Kier alpha value is -1.44. The van der Waals surface area contributed by atoms with Gasteiger partial charge in [0.25, 0.3) is 0 Å². The van der Waals surface area contributed by atoms with Gasteiger partial charge in [0.15, 0.2) is 0 Å². The van der Waals surface area contributed by atoms with Gasteiger partial charge in [-0.25, -0.2) is 0 Å². The molecule has 0 aliphatic heterocycles. The Morgan fingerprint density at radius 2 is 2.14 bits per heavy atom. The third-order valence-electron chi connectivity index (χ3n) is 2.25. The average Bonchev–Trinajstić information content (AvgIpc) is 2.15. The van der Waals surface area contributed by atoms with Gasteiger partial charge in [-0.15, -0.1) is 0 Å². The Morgan fingerprint density at radius 1 is 1.50 bits per heavy atom. The zero-order chi connectivity index (χ0) is 10.7. The molecule has 0 aliphatic rings. The topological polar surface area (TPSA) is 35.2 Å². The monoisotopic (exact) mass is 191 g/mol. The van der Waals surface area contributed by atoms with Crippen molar-refractivity contribution in [3.8, 4) is 5.75 Å². The van der Waals surface area contributed by atoms with E-state index in [-0.39, 0.29) is 0 Å². The first kappa shape index (κ1) is 10.6. The van der Waals surface area contributed by atoms with Crippen molar-refractivity contribution in [3.63, 3.8) is 0 Å². The minimum atomic E-state index is 0.744. The number of aryl methyl sites for hydroxylation is 1. The van der Waals surface area contributed by atoms with Crippen LogP contribution in [0, 0.1) is 0 Å². The molecule has 0 heterocycles. The van der Waals surface area contributed by atoms with Crippen molar-refractivity contribution in [2.45, 2.75) is 20.3 Å². The first-order valence-corrected chi connectivity index (χ1v) is 4.72. The van der Waals surface area contributed by atoms with Gasteiger partial charge in [0.05, 0.1) is 7.11 Å². The molecule has 1 rings (SSSR count). The van der Waals surface area contributed by atoms with E-state index in [1.54, 1.807) is 7.11 Å². The zero-order valence-corrected chi connectivity index (χ0v) is 9.05. The number of benzene rings is 1. The van der Waals surface area contributed by atoms with Crippen LogP contribution in [0.25, 0.3) is 5.57 Å². The number of hydrogen-bond acceptors (Lipinski definition) is 2. The molecule has 0 saturated carbocycles. The van der Waals surface area contributed by atoms with Crippen molar-refractivity contribution in [3.05, 3.63) is 29.8 Å². The average molecular weight is 191 g/mol. The van der Waals surface area contributed by atoms with E-state index in [2.05, 4.69) is 13.5 Å². The summed E-state index contributed by atoms with van der Waals surface area (Å²) in [6.45, 7) is 7.91. The predicted octanol–water partition coefficient (Wildman–Crippen LogP) is 2.87. The molecule has 0 atom stereocenters. The lowest BCUT2D eigenvalue weighted by molar-refractivity contribution is 0.413. The summed E-state index contributed by atoms with van der Waals surface area (Å²) in [4.78, 5) is 0. The van der Waals surface area contributed by atoms with Crippen molar-refractivity contribution in [2.24, 2.45) is 0 Å². The second-order valence-corrected chi connectivity index (χ2v) is 3.40. The van der Waals surface area contributed by atoms with Crippen molar-refractivity contribution in [1.82, 2.24) is 0 Å². The van der Waals surface area contributed by atoms with Gasteiger partial charge in [-0.3, -0.25) is 0 Å². The maximum absolute atomic E-state index is 5.93. The first-order chi connectivity index (χ1) is 6.60. The normalized spacial score (nSPS) is 9.93. The maximum atomic E-state index is 5.93. The fourth-order valence-corrected chi connectivity index (χ4v) is 1.52. The smallest absolute Gasteiger partial charge is 0.128 e. The van der Waals surface area contributed by atoms with E-state index in [4.69, 9.17) is 10.5 Å². The third kappa shape index (κ3) is 1.90. The van der Waals surface area contributed by atoms with E-state index in [9.17, 15) is 0 Å². The van der Waals surface area contributed by atoms with Gasteiger partial charge in [-0.05, 0) is 36.6 Å². The van der Waals surface area contributed by atoms with Gasteiger partial charge in [-0.2, -0.15) is 0 Å². The Balaban J connectivity index is 3.34. The molecule has 0 aliphatic carbocycles. The fraction of sp³-hybridized carbons (Fsp3) is 0.333. The molecule has 0 aromatic heterocycles. The van der Waals surface area contributed by atoms with Crippen LogP contribution in [0.2, 0.25) is 0 Å². The highest BCUT2D eigenvalue weighted by molar-refractivity contribution is 5.78. The molecule has 0 saturated heterocycles. The van der Waals surface area contributed by atoms with Crippen LogP contribution in [0.5, 0.6) is 5.75 Å². The summed E-state index contributed by atoms with van der Waals surface area (Å²) in [6.07, 6.45) is 0.955. The van der Waals surface area contributed by atoms with Crippen LogP contribution in [-0.2, 0) is 6.42 Å². The van der Waals surface area contributed by atoms with Gasteiger partial charge < -0.3 is 10.5 Å². The van der Waals surface area contributed by atoms with E-state index in [0.29, 0.717) is 0 Å². The number of rotatable bonds is 3. The van der Waals surface area contributed by atoms with Crippen LogP contribution in [-0.4, -0.2) is 7.11 Å². The summed E-state index contributed by atoms with van der Waals surface area (Å²) in [5.41, 5.74) is 9.72. The van der Waals surface area contributed by atoms with Crippen LogP contribution in [0.4, 0.5) is 5.69 Å². The van der Waals surface area contributed by atoms with E-state index < -0.39 is 0 Å². The molecule has 0 radical (unpaired) electrons. The SMILES string of the molecule is C=C(C)c1c(N)cc(CC)cc1OC. The number of hydrogen-bond donors (Lipinski definition) is 1. The molecule has 76 valence electrons. The fourth-order valence-electron chi connectivity index (χ4n) is 1.52. The molecule has 0 unspecified atom stereocenters. The highest BCUT2D eigenvalue weighted by Crippen LogP contribution is 2.31. The van der Waals surface area contributed by atoms with Gasteiger partial charge in [0.2, 0.25) is 0 Å². The first-order valence-electron chi connectivity index (χ1n) is 4.72. The predicted molar refractivity (Wildman–Crippen MR) is 61.5 cm³/mol. The molecule has 1 aromatic rings. The number of nitrogen functional groups attached to an aromatic ring is 1. The molecule has 0 bridgehead atoms. The standard InChI is InChI=1S/C12H17NO/c1-5-9-6-10(13)12(8(2)3)11(7-9)14-4/h6-7H,2,5,13H2,1,3-4H3. The summed E-state index contributed by atoms with van der Waals surface area (Å²) in [5, 5.41) is 0. The van der Waals surface area contributed by atoms with Crippen molar-refractivity contribution >= 4 is 11.3 Å². The summed E-state index contributed by atoms with van der Waals surface area (Å²) in [7, 11) is 1.65. The molecule has 2 heteroatoms. The van der Waals surface area contributed by atoms with Crippen molar-refractivity contribution in [1.29, 1.82) is 0 Å². The second-order valence-electron chi connectivity index (χ2n) is 3.40. The maximum Gasteiger partial charge on any atom is 0.128 e. The van der Waals surface area contributed by atoms with Gasteiger partial charge in [0.1, 0.15) is 5.75 Å². The van der Waals surface area contributed by atoms with Crippen LogP contribution in [0.3, 0.4) is 0 Å². The number of anilines is 1. The molecular formula is C12H17NO. The summed E-state index contributed by atoms with van der Waals surface area (Å²) in [6, 6.07) is 3.99. The van der Waals surface area contributed by atoms with E-state index >= 15 is 0 Å². The van der Waals surface area contributed by atoms with Gasteiger partial charge >= 0.3 is 0 Å². The minimum Gasteiger partial charge on any atom is -0.496 e. The lowest BCUT2D eigenvalue weighted by Gasteiger charge is -2.13. The second kappa shape index (κ2) is 4.18. The quantitative estimate of drug-likeness (QED) is 0.745. The highest BCUT2D eigenvalue weighted by atomic mass is 16.5. The van der Waals surface area contributed by atoms with Crippen molar-refractivity contribution in [2.75, 3.05) is 12.8 Å². The number of methoxy groups -OCH3 is 1. The van der Waals surface area contributed by atoms with Crippen LogP contribution >= 0.6 is 0 Å². The highest BCUT2D eigenvalue weighted by Gasteiger charge is 2.09. The Labute approximate surface area is 85.4 Å². The Kier molecular flexibility index (Phi) is 3.18. The minimum absolute atomic E-state index is 0.744.